The SMILES string of the molecule is N#Cc1cc2cc3cc([N+](=O)[O-])ccc3n2c2ccccc12. The summed E-state index contributed by atoms with van der Waals surface area (Å²) in [5.41, 5.74) is 3.32. The van der Waals surface area contributed by atoms with E-state index in [9.17, 15) is 15.4 Å². The second kappa shape index (κ2) is 4.30. The van der Waals surface area contributed by atoms with Gasteiger partial charge in [-0.2, -0.15) is 5.26 Å². The minimum Gasteiger partial charge on any atom is -0.309 e. The number of rotatable bonds is 1. The Morgan fingerprint density at radius 1 is 1.05 bits per heavy atom. The average Bonchev–Trinajstić information content (AvgIpc) is 2.91. The second-order valence-electron chi connectivity index (χ2n) is 5.09. The van der Waals surface area contributed by atoms with Crippen LogP contribution in [-0.4, -0.2) is 9.32 Å². The first-order valence-corrected chi connectivity index (χ1v) is 6.70. The summed E-state index contributed by atoms with van der Waals surface area (Å²) in [7, 11) is 0. The van der Waals surface area contributed by atoms with Crippen LogP contribution in [0.3, 0.4) is 0 Å². The maximum atomic E-state index is 10.9. The fourth-order valence-electron chi connectivity index (χ4n) is 2.93. The summed E-state index contributed by atoms with van der Waals surface area (Å²) in [4.78, 5) is 10.5. The van der Waals surface area contributed by atoms with Crippen LogP contribution >= 0.6 is 0 Å². The number of hydrogen-bond donors (Lipinski definition) is 0. The van der Waals surface area contributed by atoms with Crippen molar-refractivity contribution in [3.8, 4) is 6.07 Å². The van der Waals surface area contributed by atoms with Crippen molar-refractivity contribution in [2.75, 3.05) is 0 Å². The maximum absolute atomic E-state index is 10.9. The molecule has 0 aliphatic carbocycles. The Labute approximate surface area is 124 Å². The number of para-hydroxylation sites is 1. The number of fused-ring (bicyclic) bond motifs is 5. The van der Waals surface area contributed by atoms with Gasteiger partial charge < -0.3 is 4.40 Å². The van der Waals surface area contributed by atoms with Crippen LogP contribution in [0.5, 0.6) is 0 Å². The molecule has 0 spiro atoms. The Hall–Kier alpha value is -3.39. The summed E-state index contributed by atoms with van der Waals surface area (Å²) in [6, 6.07) is 18.4. The van der Waals surface area contributed by atoms with Crippen LogP contribution in [0.2, 0.25) is 0 Å². The smallest absolute Gasteiger partial charge is 0.270 e. The van der Waals surface area contributed by atoms with Crippen molar-refractivity contribution in [3.63, 3.8) is 0 Å². The van der Waals surface area contributed by atoms with Crippen LogP contribution in [-0.2, 0) is 0 Å². The largest absolute Gasteiger partial charge is 0.309 e. The van der Waals surface area contributed by atoms with Crippen LogP contribution in [0.25, 0.3) is 27.3 Å². The topological polar surface area (TPSA) is 71.3 Å². The van der Waals surface area contributed by atoms with E-state index in [2.05, 4.69) is 6.07 Å². The summed E-state index contributed by atoms with van der Waals surface area (Å²) >= 11 is 0. The van der Waals surface area contributed by atoms with Gasteiger partial charge in [-0.05, 0) is 24.3 Å². The van der Waals surface area contributed by atoms with Crippen molar-refractivity contribution >= 4 is 33.0 Å². The standard InChI is InChI=1S/C17H9N3O2/c18-10-12-9-14-8-11-7-13(20(21)22)5-6-16(11)19(14)17-4-2-1-3-15(12)17/h1-9H. The predicted octanol–water partition coefficient (Wildman–Crippen LogP) is 4.03. The van der Waals surface area contributed by atoms with Crippen molar-refractivity contribution in [2.45, 2.75) is 0 Å². The van der Waals surface area contributed by atoms with Crippen molar-refractivity contribution in [2.24, 2.45) is 0 Å². The molecule has 0 radical (unpaired) electrons. The Kier molecular flexibility index (Phi) is 2.42. The van der Waals surface area contributed by atoms with Gasteiger partial charge in [-0.25, -0.2) is 0 Å². The van der Waals surface area contributed by atoms with Crippen LogP contribution in [0, 0.1) is 21.4 Å². The first-order valence-electron chi connectivity index (χ1n) is 6.70. The summed E-state index contributed by atoms with van der Waals surface area (Å²) in [5, 5.41) is 21.9. The van der Waals surface area contributed by atoms with Crippen LogP contribution in [0.4, 0.5) is 5.69 Å². The van der Waals surface area contributed by atoms with Crippen LogP contribution < -0.4 is 0 Å². The van der Waals surface area contributed by atoms with E-state index in [4.69, 9.17) is 0 Å². The van der Waals surface area contributed by atoms with Gasteiger partial charge in [0.25, 0.3) is 5.69 Å². The minimum absolute atomic E-state index is 0.0632. The molecule has 0 saturated heterocycles. The zero-order valence-corrected chi connectivity index (χ0v) is 11.4. The monoisotopic (exact) mass is 287 g/mol. The minimum atomic E-state index is -0.402. The molecule has 0 aliphatic rings. The second-order valence-corrected chi connectivity index (χ2v) is 5.09. The van der Waals surface area contributed by atoms with Crippen molar-refractivity contribution < 1.29 is 4.92 Å². The number of nitriles is 1. The summed E-state index contributed by atoms with van der Waals surface area (Å²) < 4.78 is 2.02. The van der Waals surface area contributed by atoms with Gasteiger partial charge in [0.2, 0.25) is 0 Å². The summed E-state index contributed by atoms with van der Waals surface area (Å²) in [5.74, 6) is 0. The molecule has 4 aromatic rings. The Morgan fingerprint density at radius 2 is 1.86 bits per heavy atom. The summed E-state index contributed by atoms with van der Waals surface area (Å²) in [6.07, 6.45) is 0. The zero-order chi connectivity index (χ0) is 15.3. The lowest BCUT2D eigenvalue weighted by Gasteiger charge is -2.06. The van der Waals surface area contributed by atoms with Gasteiger partial charge in [-0.1, -0.05) is 18.2 Å². The summed E-state index contributed by atoms with van der Waals surface area (Å²) in [6.45, 7) is 0. The number of non-ortho nitro benzene ring substituents is 1. The van der Waals surface area contributed by atoms with E-state index >= 15 is 0 Å². The molecule has 104 valence electrons. The lowest BCUT2D eigenvalue weighted by atomic mass is 10.1. The number of hydrogen-bond acceptors (Lipinski definition) is 3. The molecule has 22 heavy (non-hydrogen) atoms. The normalized spacial score (nSPS) is 11.0. The van der Waals surface area contributed by atoms with Gasteiger partial charge in [0, 0.05) is 28.4 Å². The van der Waals surface area contributed by atoms with E-state index in [0.717, 1.165) is 27.3 Å². The molecule has 2 heterocycles. The Balaban J connectivity index is 2.23. The molecule has 2 aromatic heterocycles. The molecule has 5 heteroatoms. The fraction of sp³-hybridized carbons (Fsp3) is 0. The molecule has 0 N–H and O–H groups in total. The van der Waals surface area contributed by atoms with Gasteiger partial charge in [0.15, 0.2) is 0 Å². The van der Waals surface area contributed by atoms with Crippen molar-refractivity contribution in [1.82, 2.24) is 4.40 Å². The molecule has 2 aromatic carbocycles. The molecule has 0 amide bonds. The van der Waals surface area contributed by atoms with E-state index in [1.54, 1.807) is 12.1 Å². The van der Waals surface area contributed by atoms with E-state index in [1.165, 1.54) is 6.07 Å². The lowest BCUT2D eigenvalue weighted by Crippen LogP contribution is -1.91. The Morgan fingerprint density at radius 3 is 2.64 bits per heavy atom. The van der Waals surface area contributed by atoms with E-state index in [1.807, 2.05) is 40.8 Å². The fourth-order valence-corrected chi connectivity index (χ4v) is 2.93. The quantitative estimate of drug-likeness (QED) is 0.392. The van der Waals surface area contributed by atoms with Gasteiger partial charge in [0.05, 0.1) is 27.6 Å². The third-order valence-electron chi connectivity index (χ3n) is 3.87. The number of nitrogens with zero attached hydrogens (tertiary/aromatic N) is 3. The number of nitro groups is 1. The van der Waals surface area contributed by atoms with Gasteiger partial charge >= 0.3 is 0 Å². The first kappa shape index (κ1) is 12.4. The highest BCUT2D eigenvalue weighted by molar-refractivity contribution is 5.97. The van der Waals surface area contributed by atoms with Crippen LogP contribution in [0.1, 0.15) is 5.56 Å². The maximum Gasteiger partial charge on any atom is 0.270 e. The third kappa shape index (κ3) is 1.58. The van der Waals surface area contributed by atoms with E-state index < -0.39 is 4.92 Å². The number of nitro benzene ring substituents is 1. The van der Waals surface area contributed by atoms with Gasteiger partial charge in [-0.3, -0.25) is 10.1 Å². The zero-order valence-electron chi connectivity index (χ0n) is 11.4. The van der Waals surface area contributed by atoms with E-state index in [-0.39, 0.29) is 5.69 Å². The first-order chi connectivity index (χ1) is 10.7. The van der Waals surface area contributed by atoms with Crippen molar-refractivity contribution in [3.05, 3.63) is 70.3 Å². The van der Waals surface area contributed by atoms with E-state index in [0.29, 0.717) is 5.56 Å². The molecule has 4 rings (SSSR count). The predicted molar refractivity (Wildman–Crippen MR) is 83.8 cm³/mol. The molecule has 0 atom stereocenters. The molecule has 0 unspecified atom stereocenters. The number of aromatic nitrogens is 1. The van der Waals surface area contributed by atoms with Gasteiger partial charge in [-0.15, -0.1) is 0 Å². The van der Waals surface area contributed by atoms with Crippen LogP contribution in [0.15, 0.2) is 54.6 Å². The molecule has 0 fully saturated rings. The lowest BCUT2D eigenvalue weighted by molar-refractivity contribution is -0.384. The molecule has 0 bridgehead atoms. The Bertz CT molecular complexity index is 1120. The molecule has 0 aliphatic heterocycles. The molecular formula is C17H9N3O2. The highest BCUT2D eigenvalue weighted by Gasteiger charge is 2.13. The highest BCUT2D eigenvalue weighted by atomic mass is 16.6. The molecule has 0 saturated carbocycles. The number of benzene rings is 2. The van der Waals surface area contributed by atoms with Crippen molar-refractivity contribution in [1.29, 1.82) is 5.26 Å². The number of pyridine rings is 1. The van der Waals surface area contributed by atoms with Gasteiger partial charge in [0.1, 0.15) is 0 Å². The molecule has 5 nitrogen and oxygen atoms in total. The average molecular weight is 287 g/mol. The highest BCUT2D eigenvalue weighted by Crippen LogP contribution is 2.30. The molecular weight excluding hydrogens is 278 g/mol. The third-order valence-corrected chi connectivity index (χ3v) is 3.87.